The van der Waals surface area contributed by atoms with E-state index in [0.29, 0.717) is 0 Å². The van der Waals surface area contributed by atoms with Gasteiger partial charge < -0.3 is 0 Å². The van der Waals surface area contributed by atoms with Crippen LogP contribution in [0.4, 0.5) is 0 Å². The molecule has 0 N–H and O–H groups in total. The van der Waals surface area contributed by atoms with Crippen LogP contribution in [0.1, 0.15) is 66.2 Å². The topological polar surface area (TPSA) is 0 Å². The van der Waals surface area contributed by atoms with Gasteiger partial charge >= 0.3 is 0 Å². The molecule has 0 radical (unpaired) electrons. The van der Waals surface area contributed by atoms with E-state index in [4.69, 9.17) is 0 Å². The highest BCUT2D eigenvalue weighted by atomic mass is 14.3. The van der Waals surface area contributed by atoms with E-state index in [0.717, 1.165) is 23.7 Å². The molecule has 14 heavy (non-hydrogen) atoms. The van der Waals surface area contributed by atoms with Crippen molar-refractivity contribution in [2.75, 3.05) is 0 Å². The van der Waals surface area contributed by atoms with Crippen molar-refractivity contribution in [2.45, 2.75) is 66.2 Å². The molecule has 1 rings (SSSR count). The third-order valence-electron chi connectivity index (χ3n) is 3.99. The van der Waals surface area contributed by atoms with Gasteiger partial charge in [0.1, 0.15) is 0 Å². The Morgan fingerprint density at radius 3 is 1.93 bits per heavy atom. The first-order valence-corrected chi connectivity index (χ1v) is 6.59. The minimum atomic E-state index is 0.901. The van der Waals surface area contributed by atoms with Crippen molar-refractivity contribution in [1.29, 1.82) is 0 Å². The van der Waals surface area contributed by atoms with Gasteiger partial charge in [-0.05, 0) is 36.5 Å². The SMILES string of the molecule is CC(C)CCC1CCC(C(C)C)CC1. The molecule has 84 valence electrons. The second kappa shape index (κ2) is 5.78. The Morgan fingerprint density at radius 1 is 0.929 bits per heavy atom. The fraction of sp³-hybridized carbons (Fsp3) is 1.00. The molecule has 0 spiro atoms. The largest absolute Gasteiger partial charge is 0.0628 e. The summed E-state index contributed by atoms with van der Waals surface area (Å²) in [5.74, 6) is 3.91. The molecular formula is C14H28. The Kier molecular flexibility index (Phi) is 4.98. The fourth-order valence-electron chi connectivity index (χ4n) is 2.71. The van der Waals surface area contributed by atoms with Gasteiger partial charge in [-0.2, -0.15) is 0 Å². The first-order valence-electron chi connectivity index (χ1n) is 6.59. The summed E-state index contributed by atoms with van der Waals surface area (Å²) in [6, 6.07) is 0. The quantitative estimate of drug-likeness (QED) is 0.601. The molecular weight excluding hydrogens is 168 g/mol. The highest BCUT2D eigenvalue weighted by Gasteiger charge is 2.22. The van der Waals surface area contributed by atoms with Crippen molar-refractivity contribution in [3.63, 3.8) is 0 Å². The second-order valence-corrected chi connectivity index (χ2v) is 6.00. The zero-order chi connectivity index (χ0) is 10.6. The first-order chi connectivity index (χ1) is 6.59. The lowest BCUT2D eigenvalue weighted by molar-refractivity contribution is 0.211. The minimum Gasteiger partial charge on any atom is -0.0628 e. The normalized spacial score (nSPS) is 28.7. The molecule has 1 fully saturated rings. The van der Waals surface area contributed by atoms with E-state index < -0.39 is 0 Å². The molecule has 0 heterocycles. The van der Waals surface area contributed by atoms with Gasteiger partial charge in [0.15, 0.2) is 0 Å². The van der Waals surface area contributed by atoms with Gasteiger partial charge in [0, 0.05) is 0 Å². The molecule has 0 nitrogen and oxygen atoms in total. The number of hydrogen-bond acceptors (Lipinski definition) is 0. The Balaban J connectivity index is 2.16. The number of hydrogen-bond donors (Lipinski definition) is 0. The molecule has 0 amide bonds. The van der Waals surface area contributed by atoms with Gasteiger partial charge in [-0.1, -0.05) is 53.4 Å². The zero-order valence-electron chi connectivity index (χ0n) is 10.6. The molecule has 0 aromatic rings. The monoisotopic (exact) mass is 196 g/mol. The van der Waals surface area contributed by atoms with Crippen molar-refractivity contribution in [1.82, 2.24) is 0 Å². The highest BCUT2D eigenvalue weighted by molar-refractivity contribution is 4.74. The molecule has 0 aromatic heterocycles. The van der Waals surface area contributed by atoms with Crippen molar-refractivity contribution in [3.8, 4) is 0 Å². The Labute approximate surface area is 90.5 Å². The fourth-order valence-corrected chi connectivity index (χ4v) is 2.71. The third-order valence-corrected chi connectivity index (χ3v) is 3.99. The van der Waals surface area contributed by atoms with Gasteiger partial charge in [0.2, 0.25) is 0 Å². The van der Waals surface area contributed by atoms with E-state index in [-0.39, 0.29) is 0 Å². The van der Waals surface area contributed by atoms with Crippen LogP contribution in [0.2, 0.25) is 0 Å². The van der Waals surface area contributed by atoms with Crippen LogP contribution in [0.15, 0.2) is 0 Å². The predicted molar refractivity (Wildman–Crippen MR) is 64.4 cm³/mol. The van der Waals surface area contributed by atoms with E-state index in [1.165, 1.54) is 38.5 Å². The predicted octanol–water partition coefficient (Wildman–Crippen LogP) is 4.89. The summed E-state index contributed by atoms with van der Waals surface area (Å²) in [4.78, 5) is 0. The highest BCUT2D eigenvalue weighted by Crippen LogP contribution is 2.35. The van der Waals surface area contributed by atoms with Crippen LogP contribution >= 0.6 is 0 Å². The maximum Gasteiger partial charge on any atom is -0.0391 e. The molecule has 1 aliphatic rings. The van der Waals surface area contributed by atoms with Crippen molar-refractivity contribution in [2.24, 2.45) is 23.7 Å². The summed E-state index contributed by atoms with van der Waals surface area (Å²) in [6.07, 6.45) is 8.95. The van der Waals surface area contributed by atoms with Crippen LogP contribution in [0.25, 0.3) is 0 Å². The lowest BCUT2D eigenvalue weighted by Crippen LogP contribution is -2.18. The van der Waals surface area contributed by atoms with Crippen molar-refractivity contribution in [3.05, 3.63) is 0 Å². The molecule has 1 saturated carbocycles. The third kappa shape index (κ3) is 4.02. The lowest BCUT2D eigenvalue weighted by atomic mass is 9.75. The minimum absolute atomic E-state index is 0.901. The van der Waals surface area contributed by atoms with E-state index >= 15 is 0 Å². The zero-order valence-corrected chi connectivity index (χ0v) is 10.6. The first kappa shape index (κ1) is 12.1. The van der Waals surface area contributed by atoms with Crippen LogP contribution in [0.5, 0.6) is 0 Å². The van der Waals surface area contributed by atoms with E-state index in [1.54, 1.807) is 0 Å². The molecule has 0 saturated heterocycles. The van der Waals surface area contributed by atoms with Crippen LogP contribution in [-0.4, -0.2) is 0 Å². The lowest BCUT2D eigenvalue weighted by Gasteiger charge is -2.31. The van der Waals surface area contributed by atoms with Crippen LogP contribution in [-0.2, 0) is 0 Å². The summed E-state index contributed by atoms with van der Waals surface area (Å²) in [7, 11) is 0. The van der Waals surface area contributed by atoms with Gasteiger partial charge in [-0.15, -0.1) is 0 Å². The summed E-state index contributed by atoms with van der Waals surface area (Å²) >= 11 is 0. The molecule has 0 bridgehead atoms. The maximum absolute atomic E-state index is 2.39. The summed E-state index contributed by atoms with van der Waals surface area (Å²) in [5, 5.41) is 0. The van der Waals surface area contributed by atoms with Gasteiger partial charge in [-0.25, -0.2) is 0 Å². The Bertz CT molecular complexity index is 138. The van der Waals surface area contributed by atoms with Crippen molar-refractivity contribution >= 4 is 0 Å². The number of rotatable bonds is 4. The summed E-state index contributed by atoms with van der Waals surface area (Å²) in [5.41, 5.74) is 0. The molecule has 1 aliphatic carbocycles. The van der Waals surface area contributed by atoms with E-state index in [1.807, 2.05) is 0 Å². The molecule has 0 aliphatic heterocycles. The van der Waals surface area contributed by atoms with Gasteiger partial charge in [0.05, 0.1) is 0 Å². The van der Waals surface area contributed by atoms with Crippen molar-refractivity contribution < 1.29 is 0 Å². The summed E-state index contributed by atoms with van der Waals surface area (Å²) < 4.78 is 0. The van der Waals surface area contributed by atoms with E-state index in [2.05, 4.69) is 27.7 Å². The average Bonchev–Trinajstić information content (AvgIpc) is 2.15. The van der Waals surface area contributed by atoms with Gasteiger partial charge in [0.25, 0.3) is 0 Å². The smallest absolute Gasteiger partial charge is 0.0391 e. The average molecular weight is 196 g/mol. The van der Waals surface area contributed by atoms with Gasteiger partial charge in [-0.3, -0.25) is 0 Å². The van der Waals surface area contributed by atoms with Crippen LogP contribution in [0, 0.1) is 23.7 Å². The summed E-state index contributed by atoms with van der Waals surface area (Å²) in [6.45, 7) is 9.47. The molecule has 0 heteroatoms. The Hall–Kier alpha value is 0. The molecule has 0 unspecified atom stereocenters. The molecule has 0 aromatic carbocycles. The second-order valence-electron chi connectivity index (χ2n) is 6.00. The Morgan fingerprint density at radius 2 is 1.50 bits per heavy atom. The molecule has 0 atom stereocenters. The maximum atomic E-state index is 2.39. The van der Waals surface area contributed by atoms with Crippen LogP contribution in [0.3, 0.4) is 0 Å². The van der Waals surface area contributed by atoms with Crippen LogP contribution < -0.4 is 0 Å². The standard InChI is InChI=1S/C14H28/c1-11(2)5-6-13-7-9-14(10-8-13)12(3)4/h11-14H,5-10H2,1-4H3. The van der Waals surface area contributed by atoms with E-state index in [9.17, 15) is 0 Å².